The van der Waals surface area contributed by atoms with Gasteiger partial charge in [0.25, 0.3) is 0 Å². The van der Waals surface area contributed by atoms with Crippen LogP contribution >= 0.6 is 11.8 Å². The standard InChI is InChI=1S/C9H16N2OS/c1-7-9(12)11(6-10-7)8-2-4-13-5-3-8/h7-8,10H,2-6H2,1H3. The summed E-state index contributed by atoms with van der Waals surface area (Å²) in [5.74, 6) is 2.71. The summed E-state index contributed by atoms with van der Waals surface area (Å²) in [6, 6.07) is 0.542. The van der Waals surface area contributed by atoms with Crippen molar-refractivity contribution in [1.82, 2.24) is 10.2 Å². The van der Waals surface area contributed by atoms with E-state index in [-0.39, 0.29) is 11.9 Å². The number of thioether (sulfide) groups is 1. The number of nitrogens with one attached hydrogen (secondary N) is 1. The molecule has 3 nitrogen and oxygen atoms in total. The molecular weight excluding hydrogens is 184 g/mol. The summed E-state index contributed by atoms with van der Waals surface area (Å²) in [7, 11) is 0. The van der Waals surface area contributed by atoms with E-state index in [1.54, 1.807) is 0 Å². The molecule has 74 valence electrons. The lowest BCUT2D eigenvalue weighted by Gasteiger charge is -2.30. The SMILES string of the molecule is CC1NCN(C2CCSCC2)C1=O. The molecule has 2 saturated heterocycles. The largest absolute Gasteiger partial charge is 0.326 e. The molecular formula is C9H16N2OS. The van der Waals surface area contributed by atoms with Crippen LogP contribution in [-0.2, 0) is 4.79 Å². The molecule has 1 unspecified atom stereocenters. The minimum Gasteiger partial charge on any atom is -0.326 e. The van der Waals surface area contributed by atoms with Gasteiger partial charge in [0, 0.05) is 6.04 Å². The third-order valence-electron chi connectivity index (χ3n) is 2.85. The lowest BCUT2D eigenvalue weighted by Crippen LogP contribution is -2.40. The molecule has 2 aliphatic heterocycles. The summed E-state index contributed by atoms with van der Waals surface area (Å²) >= 11 is 2.00. The minimum absolute atomic E-state index is 0.0366. The predicted molar refractivity (Wildman–Crippen MR) is 54.7 cm³/mol. The number of carbonyl (C=O) groups excluding carboxylic acids is 1. The van der Waals surface area contributed by atoms with Crippen molar-refractivity contribution >= 4 is 17.7 Å². The van der Waals surface area contributed by atoms with Crippen LogP contribution < -0.4 is 5.32 Å². The molecule has 1 atom stereocenters. The Bertz CT molecular complexity index is 204. The first-order valence-electron chi connectivity index (χ1n) is 4.90. The number of amides is 1. The molecule has 4 heteroatoms. The molecule has 0 aromatic carbocycles. The van der Waals surface area contributed by atoms with Gasteiger partial charge in [0.05, 0.1) is 12.7 Å². The van der Waals surface area contributed by atoms with Gasteiger partial charge in [-0.1, -0.05) is 0 Å². The second-order valence-electron chi connectivity index (χ2n) is 3.74. The molecule has 2 aliphatic rings. The first kappa shape index (κ1) is 9.34. The fourth-order valence-electron chi connectivity index (χ4n) is 1.96. The monoisotopic (exact) mass is 200 g/mol. The molecule has 1 N–H and O–H groups in total. The van der Waals surface area contributed by atoms with Crippen LogP contribution in [0.3, 0.4) is 0 Å². The van der Waals surface area contributed by atoms with E-state index in [0.717, 1.165) is 6.67 Å². The minimum atomic E-state index is 0.0366. The van der Waals surface area contributed by atoms with Crippen LogP contribution in [0, 0.1) is 0 Å². The van der Waals surface area contributed by atoms with Crippen LogP contribution in [-0.4, -0.2) is 41.1 Å². The lowest BCUT2D eigenvalue weighted by atomic mass is 10.1. The highest BCUT2D eigenvalue weighted by molar-refractivity contribution is 7.99. The maximum Gasteiger partial charge on any atom is 0.240 e. The second kappa shape index (κ2) is 3.88. The maximum atomic E-state index is 11.7. The van der Waals surface area contributed by atoms with Crippen molar-refractivity contribution in [3.8, 4) is 0 Å². The Morgan fingerprint density at radius 2 is 2.15 bits per heavy atom. The third-order valence-corrected chi connectivity index (χ3v) is 3.90. The third kappa shape index (κ3) is 1.83. The molecule has 0 aromatic heterocycles. The van der Waals surface area contributed by atoms with Crippen molar-refractivity contribution in [2.24, 2.45) is 0 Å². The van der Waals surface area contributed by atoms with Crippen molar-refractivity contribution in [2.45, 2.75) is 31.8 Å². The molecule has 1 amide bonds. The topological polar surface area (TPSA) is 32.3 Å². The van der Waals surface area contributed by atoms with Crippen LogP contribution in [0.15, 0.2) is 0 Å². The summed E-state index contributed by atoms with van der Waals surface area (Å²) in [6.45, 7) is 2.70. The van der Waals surface area contributed by atoms with E-state index < -0.39 is 0 Å². The smallest absolute Gasteiger partial charge is 0.240 e. The first-order chi connectivity index (χ1) is 6.29. The Hall–Kier alpha value is -0.220. The second-order valence-corrected chi connectivity index (χ2v) is 4.96. The number of nitrogens with zero attached hydrogens (tertiary/aromatic N) is 1. The Morgan fingerprint density at radius 1 is 1.46 bits per heavy atom. The van der Waals surface area contributed by atoms with Crippen molar-refractivity contribution in [1.29, 1.82) is 0 Å². The Balaban J connectivity index is 1.96. The molecule has 0 radical (unpaired) electrons. The maximum absolute atomic E-state index is 11.7. The number of carbonyl (C=O) groups is 1. The molecule has 0 aromatic rings. The fourth-order valence-corrected chi connectivity index (χ4v) is 3.04. The van der Waals surface area contributed by atoms with Crippen LogP contribution in [0.2, 0.25) is 0 Å². The van der Waals surface area contributed by atoms with Gasteiger partial charge in [-0.2, -0.15) is 11.8 Å². The van der Waals surface area contributed by atoms with Gasteiger partial charge in [0.2, 0.25) is 5.91 Å². The van der Waals surface area contributed by atoms with E-state index in [4.69, 9.17) is 0 Å². The summed E-state index contributed by atoms with van der Waals surface area (Å²) in [5, 5.41) is 3.19. The average Bonchev–Trinajstić information content (AvgIpc) is 2.49. The van der Waals surface area contributed by atoms with E-state index in [1.165, 1.54) is 24.3 Å². The van der Waals surface area contributed by atoms with Gasteiger partial charge in [-0.05, 0) is 31.3 Å². The normalized spacial score (nSPS) is 31.3. The van der Waals surface area contributed by atoms with Crippen LogP contribution in [0.4, 0.5) is 0 Å². The highest BCUT2D eigenvalue weighted by Crippen LogP contribution is 2.23. The predicted octanol–water partition coefficient (Wildman–Crippen LogP) is 0.660. The van der Waals surface area contributed by atoms with Crippen molar-refractivity contribution in [2.75, 3.05) is 18.2 Å². The van der Waals surface area contributed by atoms with Gasteiger partial charge in [-0.25, -0.2) is 0 Å². The molecule has 2 fully saturated rings. The Morgan fingerprint density at radius 3 is 2.69 bits per heavy atom. The summed E-state index contributed by atoms with van der Waals surface area (Å²) < 4.78 is 0. The molecule has 0 saturated carbocycles. The molecule has 0 bridgehead atoms. The molecule has 2 heterocycles. The van der Waals surface area contributed by atoms with E-state index in [1.807, 2.05) is 23.6 Å². The van der Waals surface area contributed by atoms with Gasteiger partial charge < -0.3 is 4.90 Å². The van der Waals surface area contributed by atoms with Crippen LogP contribution in [0.5, 0.6) is 0 Å². The van der Waals surface area contributed by atoms with Gasteiger partial charge in [0.1, 0.15) is 0 Å². The van der Waals surface area contributed by atoms with Gasteiger partial charge in [-0.15, -0.1) is 0 Å². The van der Waals surface area contributed by atoms with Gasteiger partial charge >= 0.3 is 0 Å². The average molecular weight is 200 g/mol. The Labute approximate surface area is 83.2 Å². The van der Waals surface area contributed by atoms with E-state index in [9.17, 15) is 4.79 Å². The highest BCUT2D eigenvalue weighted by Gasteiger charge is 2.33. The molecule has 13 heavy (non-hydrogen) atoms. The first-order valence-corrected chi connectivity index (χ1v) is 6.06. The Kier molecular flexibility index (Phi) is 2.79. The number of hydrogen-bond acceptors (Lipinski definition) is 3. The molecule has 0 aliphatic carbocycles. The quantitative estimate of drug-likeness (QED) is 0.675. The molecule has 2 rings (SSSR count). The summed E-state index contributed by atoms with van der Waals surface area (Å²) in [4.78, 5) is 13.7. The lowest BCUT2D eigenvalue weighted by molar-refractivity contribution is -0.130. The summed E-state index contributed by atoms with van der Waals surface area (Å²) in [6.07, 6.45) is 2.34. The number of hydrogen-bond donors (Lipinski definition) is 1. The zero-order chi connectivity index (χ0) is 9.26. The fraction of sp³-hybridized carbons (Fsp3) is 0.889. The van der Waals surface area contributed by atoms with Gasteiger partial charge in [0.15, 0.2) is 0 Å². The van der Waals surface area contributed by atoms with E-state index in [0.29, 0.717) is 6.04 Å². The number of rotatable bonds is 1. The zero-order valence-corrected chi connectivity index (χ0v) is 8.77. The summed E-state index contributed by atoms with van der Waals surface area (Å²) in [5.41, 5.74) is 0. The van der Waals surface area contributed by atoms with Crippen LogP contribution in [0.25, 0.3) is 0 Å². The molecule has 0 spiro atoms. The van der Waals surface area contributed by atoms with Crippen molar-refractivity contribution in [3.05, 3.63) is 0 Å². The zero-order valence-electron chi connectivity index (χ0n) is 7.95. The van der Waals surface area contributed by atoms with Gasteiger partial charge in [-0.3, -0.25) is 10.1 Å². The van der Waals surface area contributed by atoms with E-state index in [2.05, 4.69) is 5.32 Å². The van der Waals surface area contributed by atoms with E-state index >= 15 is 0 Å². The highest BCUT2D eigenvalue weighted by atomic mass is 32.2. The van der Waals surface area contributed by atoms with Crippen molar-refractivity contribution in [3.63, 3.8) is 0 Å². The van der Waals surface area contributed by atoms with Crippen LogP contribution in [0.1, 0.15) is 19.8 Å². The van der Waals surface area contributed by atoms with Crippen molar-refractivity contribution < 1.29 is 4.79 Å².